The first-order valence-corrected chi connectivity index (χ1v) is 8.95. The molecule has 0 atom stereocenters. The molecular weight excluding hydrogens is 308 g/mol. The minimum atomic E-state index is -3.61. The van der Waals surface area contributed by atoms with Gasteiger partial charge in [0.05, 0.1) is 4.90 Å². The van der Waals surface area contributed by atoms with E-state index >= 15 is 0 Å². The fourth-order valence-corrected chi connectivity index (χ4v) is 3.36. The number of hydrogen-bond donors (Lipinski definition) is 1. The molecule has 5 heteroatoms. The van der Waals surface area contributed by atoms with Crippen LogP contribution < -0.4 is 4.83 Å². The number of nitrogens with one attached hydrogen (secondary N) is 1. The molecule has 0 aliphatic heterocycles. The van der Waals surface area contributed by atoms with Gasteiger partial charge in [-0.15, -0.1) is 0 Å². The van der Waals surface area contributed by atoms with Crippen molar-refractivity contribution in [2.24, 2.45) is 5.10 Å². The van der Waals surface area contributed by atoms with E-state index in [1.165, 1.54) is 5.56 Å². The lowest BCUT2D eigenvalue weighted by Crippen LogP contribution is -2.24. The van der Waals surface area contributed by atoms with Crippen molar-refractivity contribution in [1.29, 1.82) is 0 Å². The quantitative estimate of drug-likeness (QED) is 0.648. The molecule has 0 aliphatic rings. The van der Waals surface area contributed by atoms with Gasteiger partial charge in [-0.3, -0.25) is 0 Å². The number of rotatable bonds is 6. The molecule has 0 unspecified atom stereocenters. The Kier molecular flexibility index (Phi) is 5.21. The maximum atomic E-state index is 12.2. The Morgan fingerprint density at radius 2 is 1.52 bits per heavy atom. The van der Waals surface area contributed by atoms with E-state index < -0.39 is 10.0 Å². The van der Waals surface area contributed by atoms with Crippen LogP contribution in [0.2, 0.25) is 0 Å². The zero-order valence-corrected chi connectivity index (χ0v) is 14.5. The average Bonchev–Trinajstić information content (AvgIpc) is 2.54. The average molecular weight is 330 g/mol. The standard InChI is InChI=1S/C18H22N2O2S/c1-15(14-18(2,3)16-10-6-4-7-11-16)19-20-23(21,22)17-12-8-5-9-13-17/h4-13,20H,14H2,1-3H3. The second kappa shape index (κ2) is 6.96. The molecule has 1 N–H and O–H groups in total. The molecular formula is C18H22N2O2S. The lowest BCUT2D eigenvalue weighted by molar-refractivity contribution is 0.546. The molecule has 0 saturated heterocycles. The van der Waals surface area contributed by atoms with Gasteiger partial charge in [-0.1, -0.05) is 62.4 Å². The fourth-order valence-electron chi connectivity index (χ4n) is 2.46. The molecule has 0 radical (unpaired) electrons. The van der Waals surface area contributed by atoms with Gasteiger partial charge in [0.15, 0.2) is 0 Å². The van der Waals surface area contributed by atoms with Crippen LogP contribution in [0.5, 0.6) is 0 Å². The third kappa shape index (κ3) is 4.66. The maximum Gasteiger partial charge on any atom is 0.276 e. The molecule has 23 heavy (non-hydrogen) atoms. The van der Waals surface area contributed by atoms with Gasteiger partial charge in [-0.2, -0.15) is 13.5 Å². The number of hydrogen-bond acceptors (Lipinski definition) is 3. The van der Waals surface area contributed by atoms with Gasteiger partial charge >= 0.3 is 0 Å². The van der Waals surface area contributed by atoms with Gasteiger partial charge in [-0.25, -0.2) is 4.83 Å². The smallest absolute Gasteiger partial charge is 0.200 e. The Labute approximate surface area is 138 Å². The summed E-state index contributed by atoms with van der Waals surface area (Å²) in [4.78, 5) is 2.52. The van der Waals surface area contributed by atoms with Crippen molar-refractivity contribution in [3.05, 3.63) is 66.2 Å². The molecule has 2 aromatic rings. The molecule has 0 aromatic heterocycles. The van der Waals surface area contributed by atoms with Crippen LogP contribution in [0.1, 0.15) is 32.8 Å². The molecule has 122 valence electrons. The summed E-state index contributed by atoms with van der Waals surface area (Å²) in [7, 11) is -3.61. The van der Waals surface area contributed by atoms with Crippen molar-refractivity contribution >= 4 is 15.7 Å². The Morgan fingerprint density at radius 3 is 2.09 bits per heavy atom. The highest BCUT2D eigenvalue weighted by Crippen LogP contribution is 2.27. The predicted octanol–water partition coefficient (Wildman–Crippen LogP) is 3.71. The summed E-state index contributed by atoms with van der Waals surface area (Å²) in [6.07, 6.45) is 0.661. The molecule has 0 saturated carbocycles. The van der Waals surface area contributed by atoms with Crippen molar-refractivity contribution in [3.8, 4) is 0 Å². The first kappa shape index (κ1) is 17.2. The fraction of sp³-hybridized carbons (Fsp3) is 0.278. The van der Waals surface area contributed by atoms with Gasteiger partial charge in [0.2, 0.25) is 0 Å². The molecule has 0 heterocycles. The van der Waals surface area contributed by atoms with Crippen molar-refractivity contribution in [3.63, 3.8) is 0 Å². The van der Waals surface area contributed by atoms with Crippen LogP contribution in [-0.2, 0) is 15.4 Å². The van der Waals surface area contributed by atoms with Gasteiger partial charge in [0.25, 0.3) is 10.0 Å². The van der Waals surface area contributed by atoms with Crippen LogP contribution in [0, 0.1) is 0 Å². The lowest BCUT2D eigenvalue weighted by Gasteiger charge is -2.25. The molecule has 2 aromatic carbocycles. The number of benzene rings is 2. The summed E-state index contributed by atoms with van der Waals surface area (Å²) in [5, 5.41) is 4.06. The Balaban J connectivity index is 2.09. The second-order valence-electron chi connectivity index (χ2n) is 6.18. The van der Waals surface area contributed by atoms with Crippen LogP contribution >= 0.6 is 0 Å². The zero-order chi connectivity index (χ0) is 16.9. The summed E-state index contributed by atoms with van der Waals surface area (Å²) in [6, 6.07) is 18.4. The van der Waals surface area contributed by atoms with E-state index in [1.54, 1.807) is 30.3 Å². The monoisotopic (exact) mass is 330 g/mol. The van der Waals surface area contributed by atoms with Crippen LogP contribution in [0.4, 0.5) is 0 Å². The predicted molar refractivity (Wildman–Crippen MR) is 94.0 cm³/mol. The Hall–Kier alpha value is -2.14. The topological polar surface area (TPSA) is 58.5 Å². The number of sulfonamides is 1. The van der Waals surface area contributed by atoms with Crippen LogP contribution in [0.3, 0.4) is 0 Å². The summed E-state index contributed by atoms with van der Waals surface area (Å²) in [5.74, 6) is 0. The van der Waals surface area contributed by atoms with Crippen molar-refractivity contribution in [2.45, 2.75) is 37.5 Å². The Bertz CT molecular complexity index is 767. The minimum Gasteiger partial charge on any atom is -0.200 e. The van der Waals surface area contributed by atoms with E-state index in [0.717, 1.165) is 5.71 Å². The van der Waals surface area contributed by atoms with Gasteiger partial charge in [0.1, 0.15) is 0 Å². The number of nitrogens with zero attached hydrogens (tertiary/aromatic N) is 1. The third-order valence-electron chi connectivity index (χ3n) is 3.66. The van der Waals surface area contributed by atoms with Crippen molar-refractivity contribution in [2.75, 3.05) is 0 Å². The van der Waals surface area contributed by atoms with E-state index in [9.17, 15) is 8.42 Å². The van der Waals surface area contributed by atoms with E-state index in [4.69, 9.17) is 0 Å². The molecule has 0 amide bonds. The zero-order valence-electron chi connectivity index (χ0n) is 13.7. The van der Waals surface area contributed by atoms with E-state index in [1.807, 2.05) is 25.1 Å². The maximum absolute atomic E-state index is 12.2. The highest BCUT2D eigenvalue weighted by atomic mass is 32.2. The first-order chi connectivity index (χ1) is 10.8. The molecule has 2 rings (SSSR count). The molecule has 0 spiro atoms. The SMILES string of the molecule is CC(CC(C)(C)c1ccccc1)=NNS(=O)(=O)c1ccccc1. The van der Waals surface area contributed by atoms with E-state index in [-0.39, 0.29) is 10.3 Å². The van der Waals surface area contributed by atoms with Gasteiger partial charge in [-0.05, 0) is 36.5 Å². The summed E-state index contributed by atoms with van der Waals surface area (Å²) in [5.41, 5.74) is 1.81. The summed E-state index contributed by atoms with van der Waals surface area (Å²) < 4.78 is 24.3. The molecule has 0 fully saturated rings. The Morgan fingerprint density at radius 1 is 1.00 bits per heavy atom. The normalized spacial score (nSPS) is 12.9. The number of hydrazone groups is 1. The highest BCUT2D eigenvalue weighted by Gasteiger charge is 2.21. The van der Waals surface area contributed by atoms with Crippen molar-refractivity contribution in [1.82, 2.24) is 4.83 Å². The first-order valence-electron chi connectivity index (χ1n) is 7.47. The van der Waals surface area contributed by atoms with Gasteiger partial charge in [0, 0.05) is 5.71 Å². The third-order valence-corrected chi connectivity index (χ3v) is 4.89. The largest absolute Gasteiger partial charge is 0.276 e. The lowest BCUT2D eigenvalue weighted by atomic mass is 9.80. The second-order valence-corrected chi connectivity index (χ2v) is 7.84. The minimum absolute atomic E-state index is 0.118. The molecule has 0 aliphatic carbocycles. The molecule has 4 nitrogen and oxygen atoms in total. The van der Waals surface area contributed by atoms with Crippen LogP contribution in [-0.4, -0.2) is 14.1 Å². The van der Waals surface area contributed by atoms with E-state index in [2.05, 4.69) is 35.9 Å². The van der Waals surface area contributed by atoms with E-state index in [0.29, 0.717) is 6.42 Å². The van der Waals surface area contributed by atoms with Crippen LogP contribution in [0.15, 0.2) is 70.7 Å². The van der Waals surface area contributed by atoms with Crippen LogP contribution in [0.25, 0.3) is 0 Å². The summed E-state index contributed by atoms with van der Waals surface area (Å²) in [6.45, 7) is 6.07. The highest BCUT2D eigenvalue weighted by molar-refractivity contribution is 7.89. The molecule has 0 bridgehead atoms. The summed E-state index contributed by atoms with van der Waals surface area (Å²) >= 11 is 0. The van der Waals surface area contributed by atoms with Gasteiger partial charge < -0.3 is 0 Å². The van der Waals surface area contributed by atoms with Crippen molar-refractivity contribution < 1.29 is 8.42 Å².